The largest absolute Gasteiger partial charge is 0.379 e. The van der Waals surface area contributed by atoms with Crippen molar-refractivity contribution in [2.45, 2.75) is 39.7 Å². The first-order valence-corrected chi connectivity index (χ1v) is 10.1. The SMILES string of the molecule is Cc1cccc(Cl)c1CNc1cc(N2CCCCC2=O)cc2c1nc(C)n2C. The predicted molar refractivity (Wildman–Crippen MR) is 115 cm³/mol. The Morgan fingerprint density at radius 1 is 1.21 bits per heavy atom. The van der Waals surface area contributed by atoms with Crippen LogP contribution < -0.4 is 10.2 Å². The lowest BCUT2D eigenvalue weighted by atomic mass is 10.1. The van der Waals surface area contributed by atoms with Crippen LogP contribution in [0, 0.1) is 13.8 Å². The lowest BCUT2D eigenvalue weighted by Gasteiger charge is -2.27. The molecule has 2 aromatic carbocycles. The summed E-state index contributed by atoms with van der Waals surface area (Å²) in [6, 6.07) is 10.1. The van der Waals surface area contributed by atoms with E-state index in [0.29, 0.717) is 13.0 Å². The zero-order valence-electron chi connectivity index (χ0n) is 16.6. The molecule has 0 saturated carbocycles. The van der Waals surface area contributed by atoms with E-state index in [0.717, 1.165) is 63.8 Å². The molecule has 1 fully saturated rings. The van der Waals surface area contributed by atoms with Crippen LogP contribution in [-0.4, -0.2) is 22.0 Å². The molecule has 1 aliphatic rings. The van der Waals surface area contributed by atoms with Crippen molar-refractivity contribution >= 4 is 39.9 Å². The first-order valence-electron chi connectivity index (χ1n) is 9.71. The number of nitrogens with zero attached hydrogens (tertiary/aromatic N) is 3. The molecule has 3 aromatic rings. The van der Waals surface area contributed by atoms with Gasteiger partial charge in [-0.1, -0.05) is 23.7 Å². The Kier molecular flexibility index (Phi) is 5.02. The molecule has 2 heterocycles. The molecule has 0 unspecified atom stereocenters. The van der Waals surface area contributed by atoms with E-state index in [9.17, 15) is 4.79 Å². The Morgan fingerprint density at radius 2 is 2.04 bits per heavy atom. The molecule has 0 aliphatic carbocycles. The van der Waals surface area contributed by atoms with Gasteiger partial charge in [-0.25, -0.2) is 4.98 Å². The fourth-order valence-electron chi connectivity index (χ4n) is 3.83. The van der Waals surface area contributed by atoms with Crippen molar-refractivity contribution in [3.8, 4) is 0 Å². The molecule has 0 bridgehead atoms. The summed E-state index contributed by atoms with van der Waals surface area (Å²) in [7, 11) is 2.01. The van der Waals surface area contributed by atoms with E-state index in [1.165, 1.54) is 0 Å². The highest BCUT2D eigenvalue weighted by Crippen LogP contribution is 2.32. The number of hydrogen-bond donors (Lipinski definition) is 1. The number of aryl methyl sites for hydroxylation is 3. The standard InChI is InChI=1S/C22H25ClN4O/c1-14-7-6-8-18(23)17(14)13-24-19-11-16(27-10-5-4-9-21(27)28)12-20-22(19)25-15(2)26(20)3/h6-8,11-12,24H,4-5,9-10,13H2,1-3H3. The fraction of sp³-hybridized carbons (Fsp3) is 0.364. The third-order valence-corrected chi connectivity index (χ3v) is 5.99. The van der Waals surface area contributed by atoms with E-state index in [4.69, 9.17) is 16.6 Å². The number of carbonyl (C=O) groups is 1. The van der Waals surface area contributed by atoms with Gasteiger partial charge in [0, 0.05) is 37.3 Å². The molecule has 146 valence electrons. The summed E-state index contributed by atoms with van der Waals surface area (Å²) in [6.07, 6.45) is 2.62. The van der Waals surface area contributed by atoms with Gasteiger partial charge >= 0.3 is 0 Å². The van der Waals surface area contributed by atoms with E-state index in [-0.39, 0.29) is 5.91 Å². The molecule has 1 saturated heterocycles. The summed E-state index contributed by atoms with van der Waals surface area (Å²) in [6.45, 7) is 5.43. The summed E-state index contributed by atoms with van der Waals surface area (Å²) in [5.74, 6) is 1.13. The lowest BCUT2D eigenvalue weighted by molar-refractivity contribution is -0.119. The Balaban J connectivity index is 1.75. The molecule has 4 rings (SSSR count). The number of anilines is 2. The molecule has 0 radical (unpaired) electrons. The maximum absolute atomic E-state index is 12.5. The van der Waals surface area contributed by atoms with Crippen molar-refractivity contribution in [2.24, 2.45) is 7.05 Å². The van der Waals surface area contributed by atoms with E-state index < -0.39 is 0 Å². The molecule has 1 amide bonds. The molecule has 6 heteroatoms. The van der Waals surface area contributed by atoms with Crippen molar-refractivity contribution in [3.05, 3.63) is 52.3 Å². The van der Waals surface area contributed by atoms with Gasteiger partial charge in [0.05, 0.1) is 11.2 Å². The van der Waals surface area contributed by atoms with Crippen molar-refractivity contribution < 1.29 is 4.79 Å². The minimum absolute atomic E-state index is 0.192. The minimum Gasteiger partial charge on any atom is -0.379 e. The van der Waals surface area contributed by atoms with Crippen LogP contribution in [0.5, 0.6) is 0 Å². The third-order valence-electron chi connectivity index (χ3n) is 5.64. The maximum Gasteiger partial charge on any atom is 0.226 e. The molecule has 28 heavy (non-hydrogen) atoms. The quantitative estimate of drug-likeness (QED) is 0.677. The van der Waals surface area contributed by atoms with Gasteiger partial charge in [-0.15, -0.1) is 0 Å². The van der Waals surface area contributed by atoms with E-state index in [2.05, 4.69) is 28.9 Å². The number of imidazole rings is 1. The zero-order valence-corrected chi connectivity index (χ0v) is 17.3. The maximum atomic E-state index is 12.5. The summed E-state index contributed by atoms with van der Waals surface area (Å²) in [5.41, 5.74) is 6.01. The first kappa shape index (κ1) is 18.8. The predicted octanol–water partition coefficient (Wildman–Crippen LogP) is 4.97. The van der Waals surface area contributed by atoms with Gasteiger partial charge in [-0.2, -0.15) is 0 Å². The molecule has 0 spiro atoms. The summed E-state index contributed by atoms with van der Waals surface area (Å²) in [5, 5.41) is 4.28. The van der Waals surface area contributed by atoms with Crippen LogP contribution in [0.1, 0.15) is 36.2 Å². The summed E-state index contributed by atoms with van der Waals surface area (Å²) < 4.78 is 2.07. The molecule has 1 N–H and O–H groups in total. The zero-order chi connectivity index (χ0) is 19.8. The van der Waals surface area contributed by atoms with Crippen LogP contribution in [-0.2, 0) is 18.4 Å². The van der Waals surface area contributed by atoms with Crippen LogP contribution in [0.3, 0.4) is 0 Å². The number of amides is 1. The number of halogens is 1. The van der Waals surface area contributed by atoms with Gasteiger partial charge < -0.3 is 14.8 Å². The minimum atomic E-state index is 0.192. The number of hydrogen-bond acceptors (Lipinski definition) is 3. The van der Waals surface area contributed by atoms with Gasteiger partial charge in [0.2, 0.25) is 5.91 Å². The second-order valence-corrected chi connectivity index (χ2v) is 7.88. The van der Waals surface area contributed by atoms with Gasteiger partial charge in [0.15, 0.2) is 0 Å². The van der Waals surface area contributed by atoms with Gasteiger partial charge in [0.25, 0.3) is 0 Å². The van der Waals surface area contributed by atoms with E-state index >= 15 is 0 Å². The lowest BCUT2D eigenvalue weighted by Crippen LogP contribution is -2.35. The smallest absolute Gasteiger partial charge is 0.226 e. The highest BCUT2D eigenvalue weighted by atomic mass is 35.5. The average molecular weight is 397 g/mol. The summed E-state index contributed by atoms with van der Waals surface area (Å²) in [4.78, 5) is 19.1. The van der Waals surface area contributed by atoms with Crippen molar-refractivity contribution in [2.75, 3.05) is 16.8 Å². The van der Waals surface area contributed by atoms with E-state index in [1.54, 1.807) is 0 Å². The molecule has 1 aromatic heterocycles. The Bertz CT molecular complexity index is 1040. The number of fused-ring (bicyclic) bond motifs is 1. The number of carbonyl (C=O) groups excluding carboxylic acids is 1. The number of benzene rings is 2. The Hall–Kier alpha value is -2.53. The van der Waals surface area contributed by atoms with Crippen LogP contribution >= 0.6 is 11.6 Å². The monoisotopic (exact) mass is 396 g/mol. The molecule has 1 aliphatic heterocycles. The third kappa shape index (κ3) is 3.35. The highest BCUT2D eigenvalue weighted by Gasteiger charge is 2.22. The highest BCUT2D eigenvalue weighted by molar-refractivity contribution is 6.31. The Labute approximate surface area is 170 Å². The van der Waals surface area contributed by atoms with E-state index in [1.807, 2.05) is 37.1 Å². The fourth-order valence-corrected chi connectivity index (χ4v) is 4.12. The second-order valence-electron chi connectivity index (χ2n) is 7.47. The number of piperidine rings is 1. The molecular formula is C22H25ClN4O. The normalized spacial score (nSPS) is 14.7. The number of nitrogens with one attached hydrogen (secondary N) is 1. The second kappa shape index (κ2) is 7.47. The van der Waals surface area contributed by atoms with Crippen molar-refractivity contribution in [3.63, 3.8) is 0 Å². The molecule has 0 atom stereocenters. The van der Waals surface area contributed by atoms with Crippen LogP contribution in [0.4, 0.5) is 11.4 Å². The average Bonchev–Trinajstić information content (AvgIpc) is 2.96. The van der Waals surface area contributed by atoms with Gasteiger partial charge in [0.1, 0.15) is 11.3 Å². The number of rotatable bonds is 4. The van der Waals surface area contributed by atoms with Crippen molar-refractivity contribution in [1.82, 2.24) is 9.55 Å². The topological polar surface area (TPSA) is 50.2 Å². The first-order chi connectivity index (χ1) is 13.5. The molecule has 5 nitrogen and oxygen atoms in total. The van der Waals surface area contributed by atoms with Crippen molar-refractivity contribution in [1.29, 1.82) is 0 Å². The van der Waals surface area contributed by atoms with Crippen LogP contribution in [0.15, 0.2) is 30.3 Å². The number of aromatic nitrogens is 2. The van der Waals surface area contributed by atoms with Crippen LogP contribution in [0.2, 0.25) is 5.02 Å². The van der Waals surface area contributed by atoms with Crippen LogP contribution in [0.25, 0.3) is 11.0 Å². The molecular weight excluding hydrogens is 372 g/mol. The Morgan fingerprint density at radius 3 is 2.79 bits per heavy atom. The summed E-state index contributed by atoms with van der Waals surface area (Å²) >= 11 is 6.40. The van der Waals surface area contributed by atoms with Gasteiger partial charge in [-0.05, 0) is 56.0 Å². The van der Waals surface area contributed by atoms with Gasteiger partial charge in [-0.3, -0.25) is 4.79 Å².